The number of pyridine rings is 2. The number of anilines is 3. The first kappa shape index (κ1) is 24.6. The van der Waals surface area contributed by atoms with Gasteiger partial charge in [-0.05, 0) is 67.4 Å². The van der Waals surface area contributed by atoms with Gasteiger partial charge in [-0.2, -0.15) is 0 Å². The van der Waals surface area contributed by atoms with Crippen molar-refractivity contribution < 1.29 is 14.3 Å². The van der Waals surface area contributed by atoms with Crippen LogP contribution in [-0.2, 0) is 4.74 Å². The third-order valence-corrected chi connectivity index (χ3v) is 5.46. The number of ketones is 1. The smallest absolute Gasteiger partial charge is 0.410 e. The average molecular weight is 518 g/mol. The van der Waals surface area contributed by atoms with Crippen molar-refractivity contribution >= 4 is 45.1 Å². The van der Waals surface area contributed by atoms with Gasteiger partial charge >= 0.3 is 6.09 Å². The molecule has 0 bridgehead atoms. The van der Waals surface area contributed by atoms with Crippen molar-refractivity contribution in [3.63, 3.8) is 0 Å². The lowest BCUT2D eigenvalue weighted by atomic mass is 10.1. The predicted molar refractivity (Wildman–Crippen MR) is 132 cm³/mol. The first-order valence-electron chi connectivity index (χ1n) is 10.8. The molecule has 0 spiro atoms. The standard InChI is InChI=1S/C23H29BrN6O3/c1-15(20(31)16-8-9-26-18(24)14-16)27-21-17(25)6-7-19(28-21)29-10-5-11-30(13-12-29)22(32)33-23(2,3)4/h6-9,14-15H,1,5,10-13H2,2-4H3,(H2-,25,26,27,28,31)/p+1. The van der Waals surface area contributed by atoms with Crippen LogP contribution in [-0.4, -0.2) is 64.6 Å². The molecule has 10 heteroatoms. The van der Waals surface area contributed by atoms with Crippen molar-refractivity contribution in [2.45, 2.75) is 38.8 Å². The number of hydrogen-bond acceptors (Lipinski definition) is 8. The van der Waals surface area contributed by atoms with E-state index in [1.54, 1.807) is 29.3 Å². The van der Waals surface area contributed by atoms with Gasteiger partial charge in [0.15, 0.2) is 5.82 Å². The summed E-state index contributed by atoms with van der Waals surface area (Å²) in [7, 11) is 0. The number of aromatic nitrogens is 2. The topological polar surface area (TPSA) is 114 Å². The zero-order valence-corrected chi connectivity index (χ0v) is 20.8. The Balaban J connectivity index is 1.68. The van der Waals surface area contributed by atoms with Gasteiger partial charge in [0.2, 0.25) is 11.8 Å². The fourth-order valence-electron chi connectivity index (χ4n) is 3.39. The number of nitrogens with one attached hydrogen (secondary N) is 1. The number of amides is 1. The number of ether oxygens (including phenoxy) is 1. The van der Waals surface area contributed by atoms with Crippen LogP contribution in [0, 0.1) is 6.92 Å². The maximum Gasteiger partial charge on any atom is 0.410 e. The molecule has 1 fully saturated rings. The second-order valence-electron chi connectivity index (χ2n) is 8.84. The Morgan fingerprint density at radius 2 is 1.97 bits per heavy atom. The SMILES string of the molecule is [CH2+]C(Nc1nc(N2CCCN(C(=O)OC(C)(C)C)CC2)ccc1N)C(=O)c1ccnc(Br)c1. The number of carbonyl (C=O) groups excluding carboxylic acids is 2. The fourth-order valence-corrected chi connectivity index (χ4v) is 3.76. The number of hydrogen-bond donors (Lipinski definition) is 2. The molecule has 0 aliphatic carbocycles. The second-order valence-corrected chi connectivity index (χ2v) is 9.66. The summed E-state index contributed by atoms with van der Waals surface area (Å²) < 4.78 is 6.07. The minimum atomic E-state index is -0.781. The van der Waals surface area contributed by atoms with Gasteiger partial charge in [-0.15, -0.1) is 0 Å². The van der Waals surface area contributed by atoms with Crippen molar-refractivity contribution in [2.75, 3.05) is 42.1 Å². The summed E-state index contributed by atoms with van der Waals surface area (Å²) in [5.74, 6) is 0.902. The van der Waals surface area contributed by atoms with Crippen molar-refractivity contribution in [3.8, 4) is 0 Å². The van der Waals surface area contributed by atoms with E-state index in [-0.39, 0.29) is 11.9 Å². The molecular formula is C23H30BrN6O3+. The van der Waals surface area contributed by atoms with Gasteiger partial charge in [0.1, 0.15) is 16.0 Å². The van der Waals surface area contributed by atoms with E-state index in [1.165, 1.54) is 0 Å². The van der Waals surface area contributed by atoms with Crippen LogP contribution < -0.4 is 16.0 Å². The van der Waals surface area contributed by atoms with E-state index in [4.69, 9.17) is 10.5 Å². The molecule has 3 rings (SSSR count). The first-order chi connectivity index (χ1) is 15.5. The number of nitrogens with two attached hydrogens (primary N) is 1. The van der Waals surface area contributed by atoms with Gasteiger partial charge in [0.25, 0.3) is 0 Å². The van der Waals surface area contributed by atoms with Crippen LogP contribution in [0.25, 0.3) is 0 Å². The molecule has 2 aromatic heterocycles. The first-order valence-corrected chi connectivity index (χ1v) is 11.6. The summed E-state index contributed by atoms with van der Waals surface area (Å²) in [4.78, 5) is 37.7. The third kappa shape index (κ3) is 6.74. The molecule has 1 amide bonds. The fraction of sp³-hybridized carbons (Fsp3) is 0.435. The molecule has 1 saturated heterocycles. The van der Waals surface area contributed by atoms with Gasteiger partial charge in [-0.3, -0.25) is 4.79 Å². The molecule has 0 radical (unpaired) electrons. The number of carbonyl (C=O) groups is 2. The molecule has 1 aliphatic rings. The normalized spacial score (nSPS) is 15.5. The lowest BCUT2D eigenvalue weighted by molar-refractivity contribution is 0.0263. The van der Waals surface area contributed by atoms with Crippen LogP contribution in [0.4, 0.5) is 22.1 Å². The Morgan fingerprint density at radius 3 is 2.67 bits per heavy atom. The minimum Gasteiger partial charge on any atom is -0.444 e. The molecule has 9 nitrogen and oxygen atoms in total. The maximum atomic E-state index is 12.7. The molecular weight excluding hydrogens is 488 g/mol. The van der Waals surface area contributed by atoms with Crippen LogP contribution in [0.15, 0.2) is 35.1 Å². The molecule has 33 heavy (non-hydrogen) atoms. The Bertz CT molecular complexity index is 1010. The second kappa shape index (κ2) is 10.3. The van der Waals surface area contributed by atoms with Crippen LogP contribution in [0.5, 0.6) is 0 Å². The van der Waals surface area contributed by atoms with Gasteiger partial charge in [-0.1, -0.05) is 0 Å². The Labute approximate surface area is 202 Å². The summed E-state index contributed by atoms with van der Waals surface area (Å²) in [6.45, 7) is 12.0. The maximum absolute atomic E-state index is 12.7. The molecule has 3 heterocycles. The van der Waals surface area contributed by atoms with Gasteiger partial charge < -0.3 is 25.6 Å². The molecule has 1 unspecified atom stereocenters. The summed E-state index contributed by atoms with van der Waals surface area (Å²) >= 11 is 3.27. The third-order valence-electron chi connectivity index (χ3n) is 5.02. The van der Waals surface area contributed by atoms with E-state index in [0.717, 1.165) is 13.0 Å². The van der Waals surface area contributed by atoms with E-state index in [0.29, 0.717) is 47.1 Å². The van der Waals surface area contributed by atoms with Gasteiger partial charge in [0, 0.05) is 37.9 Å². The van der Waals surface area contributed by atoms with E-state index in [9.17, 15) is 9.59 Å². The minimum absolute atomic E-state index is 0.201. The Hall–Kier alpha value is -3.01. The molecule has 3 N–H and O–H groups in total. The number of Topliss-reactive ketones (excluding diaryl/α,β-unsaturated/α-hetero) is 1. The lowest BCUT2D eigenvalue weighted by Gasteiger charge is -2.26. The summed E-state index contributed by atoms with van der Waals surface area (Å²) in [5.41, 5.74) is 6.48. The average Bonchev–Trinajstić information content (AvgIpc) is 3.00. The highest BCUT2D eigenvalue weighted by atomic mass is 79.9. The molecule has 176 valence electrons. The van der Waals surface area contributed by atoms with Crippen LogP contribution in [0.1, 0.15) is 37.6 Å². The van der Waals surface area contributed by atoms with Crippen LogP contribution in [0.2, 0.25) is 0 Å². The highest BCUT2D eigenvalue weighted by Crippen LogP contribution is 2.24. The molecule has 1 aliphatic heterocycles. The summed E-state index contributed by atoms with van der Waals surface area (Å²) in [6.07, 6.45) is 2.02. The van der Waals surface area contributed by atoms with Crippen molar-refractivity contribution in [1.29, 1.82) is 0 Å². The predicted octanol–water partition coefficient (Wildman–Crippen LogP) is 3.77. The molecule has 0 aromatic carbocycles. The number of nitrogens with zero attached hydrogens (tertiary/aromatic N) is 4. The van der Waals surface area contributed by atoms with E-state index >= 15 is 0 Å². The van der Waals surface area contributed by atoms with Gasteiger partial charge in [-0.25, -0.2) is 14.8 Å². The highest BCUT2D eigenvalue weighted by molar-refractivity contribution is 9.10. The van der Waals surface area contributed by atoms with E-state index < -0.39 is 11.6 Å². The summed E-state index contributed by atoms with van der Waals surface area (Å²) in [6, 6.07) is 6.08. The van der Waals surface area contributed by atoms with Crippen molar-refractivity contribution in [3.05, 3.63) is 47.6 Å². The van der Waals surface area contributed by atoms with Crippen LogP contribution in [0.3, 0.4) is 0 Å². The molecule has 0 saturated carbocycles. The number of nitrogen functional groups attached to an aromatic ring is 1. The zero-order chi connectivity index (χ0) is 24.2. The lowest BCUT2D eigenvalue weighted by Crippen LogP contribution is -2.39. The summed E-state index contributed by atoms with van der Waals surface area (Å²) in [5, 5.41) is 3.03. The Kier molecular flexibility index (Phi) is 7.68. The van der Waals surface area contributed by atoms with E-state index in [1.807, 2.05) is 26.8 Å². The monoisotopic (exact) mass is 517 g/mol. The largest absolute Gasteiger partial charge is 0.444 e. The van der Waals surface area contributed by atoms with Crippen molar-refractivity contribution in [1.82, 2.24) is 14.9 Å². The zero-order valence-electron chi connectivity index (χ0n) is 19.2. The number of rotatable bonds is 5. The molecule has 2 aromatic rings. The van der Waals surface area contributed by atoms with Gasteiger partial charge in [0.05, 0.1) is 12.6 Å². The quantitative estimate of drug-likeness (QED) is 0.350. The van der Waals surface area contributed by atoms with Crippen LogP contribution >= 0.6 is 15.9 Å². The van der Waals surface area contributed by atoms with Crippen molar-refractivity contribution in [2.24, 2.45) is 0 Å². The highest BCUT2D eigenvalue weighted by Gasteiger charge is 2.26. The number of halogens is 1. The van der Waals surface area contributed by atoms with E-state index in [2.05, 4.69) is 43.0 Å². The Morgan fingerprint density at radius 1 is 1.21 bits per heavy atom. The molecule has 1 atom stereocenters.